The van der Waals surface area contributed by atoms with E-state index in [9.17, 15) is 8.42 Å². The van der Waals surface area contributed by atoms with Crippen LogP contribution in [0.5, 0.6) is 0 Å². The van der Waals surface area contributed by atoms with Crippen LogP contribution in [0.4, 0.5) is 0 Å². The zero-order valence-electron chi connectivity index (χ0n) is 13.1. The van der Waals surface area contributed by atoms with Gasteiger partial charge in [-0.1, -0.05) is 20.3 Å². The molecule has 0 aliphatic carbocycles. The number of hydrogen-bond acceptors (Lipinski definition) is 4. The first kappa shape index (κ1) is 16.5. The molecule has 1 atom stereocenters. The summed E-state index contributed by atoms with van der Waals surface area (Å²) in [6, 6.07) is 0.0442. The average molecular weight is 314 g/mol. The molecule has 21 heavy (non-hydrogen) atoms. The van der Waals surface area contributed by atoms with Gasteiger partial charge in [-0.3, -0.25) is 4.68 Å². The SMILES string of the molecule is CC(C)CNCC1CCCCN1S(=O)(=O)c1cnn(C)c1. The van der Waals surface area contributed by atoms with Crippen molar-refractivity contribution in [2.24, 2.45) is 13.0 Å². The highest BCUT2D eigenvalue weighted by Crippen LogP contribution is 2.24. The lowest BCUT2D eigenvalue weighted by molar-refractivity contribution is 0.244. The molecular formula is C14H26N4O2S. The van der Waals surface area contributed by atoms with Gasteiger partial charge in [0.05, 0.1) is 6.20 Å². The lowest BCUT2D eigenvalue weighted by Gasteiger charge is -2.34. The Kier molecular flexibility index (Phi) is 5.40. The maximum absolute atomic E-state index is 12.8. The topological polar surface area (TPSA) is 67.2 Å². The van der Waals surface area contributed by atoms with Crippen molar-refractivity contribution in [1.29, 1.82) is 0 Å². The van der Waals surface area contributed by atoms with Crippen molar-refractivity contribution >= 4 is 10.0 Å². The predicted octanol–water partition coefficient (Wildman–Crippen LogP) is 1.21. The Morgan fingerprint density at radius 2 is 2.19 bits per heavy atom. The fourth-order valence-electron chi connectivity index (χ4n) is 2.70. The number of nitrogens with zero attached hydrogens (tertiary/aromatic N) is 3. The Labute approximate surface area is 127 Å². The summed E-state index contributed by atoms with van der Waals surface area (Å²) in [7, 11) is -1.70. The van der Waals surface area contributed by atoms with Crippen LogP contribution in [-0.2, 0) is 17.1 Å². The minimum absolute atomic E-state index is 0.0442. The van der Waals surface area contributed by atoms with E-state index in [1.165, 1.54) is 10.9 Å². The Hall–Kier alpha value is -0.920. The Balaban J connectivity index is 2.10. The summed E-state index contributed by atoms with van der Waals surface area (Å²) in [6.07, 6.45) is 5.95. The van der Waals surface area contributed by atoms with Gasteiger partial charge in [-0.25, -0.2) is 8.42 Å². The normalized spacial score (nSPS) is 21.0. The number of rotatable bonds is 6. The molecule has 1 N–H and O–H groups in total. The lowest BCUT2D eigenvalue weighted by Crippen LogP contribution is -2.48. The summed E-state index contributed by atoms with van der Waals surface area (Å²) in [5, 5.41) is 7.37. The summed E-state index contributed by atoms with van der Waals surface area (Å²) >= 11 is 0. The van der Waals surface area contributed by atoms with Crippen molar-refractivity contribution in [3.8, 4) is 0 Å². The first-order valence-electron chi connectivity index (χ1n) is 7.62. The first-order chi connectivity index (χ1) is 9.91. The molecule has 1 aromatic heterocycles. The van der Waals surface area contributed by atoms with Gasteiger partial charge in [0.2, 0.25) is 10.0 Å². The fraction of sp³-hybridized carbons (Fsp3) is 0.786. The van der Waals surface area contributed by atoms with E-state index in [4.69, 9.17) is 0 Å². The molecule has 7 heteroatoms. The van der Waals surface area contributed by atoms with Crippen LogP contribution in [-0.4, -0.2) is 48.2 Å². The second-order valence-electron chi connectivity index (χ2n) is 6.17. The molecule has 120 valence electrons. The number of nitrogens with one attached hydrogen (secondary N) is 1. The predicted molar refractivity (Wildman–Crippen MR) is 82.4 cm³/mol. The van der Waals surface area contributed by atoms with Crippen molar-refractivity contribution in [3.05, 3.63) is 12.4 Å². The Morgan fingerprint density at radius 3 is 2.81 bits per heavy atom. The van der Waals surface area contributed by atoms with Crippen molar-refractivity contribution in [2.75, 3.05) is 19.6 Å². The van der Waals surface area contributed by atoms with E-state index < -0.39 is 10.0 Å². The van der Waals surface area contributed by atoms with Crippen LogP contribution in [0.2, 0.25) is 0 Å². The molecule has 1 aliphatic heterocycles. The molecule has 0 bridgehead atoms. The zero-order valence-corrected chi connectivity index (χ0v) is 13.9. The van der Waals surface area contributed by atoms with Crippen LogP contribution in [0.15, 0.2) is 17.3 Å². The molecule has 1 aromatic rings. The summed E-state index contributed by atoms with van der Waals surface area (Å²) in [4.78, 5) is 0.292. The molecule has 0 spiro atoms. The van der Waals surface area contributed by atoms with Gasteiger partial charge in [0.15, 0.2) is 0 Å². The molecule has 6 nitrogen and oxygen atoms in total. The quantitative estimate of drug-likeness (QED) is 0.857. The lowest BCUT2D eigenvalue weighted by atomic mass is 10.0. The van der Waals surface area contributed by atoms with Crippen molar-refractivity contribution < 1.29 is 8.42 Å². The number of piperidine rings is 1. The van der Waals surface area contributed by atoms with Gasteiger partial charge in [0, 0.05) is 32.4 Å². The van der Waals surface area contributed by atoms with E-state index in [1.54, 1.807) is 17.5 Å². The summed E-state index contributed by atoms with van der Waals surface area (Å²) in [5.74, 6) is 0.567. The molecule has 0 amide bonds. The van der Waals surface area contributed by atoms with E-state index in [2.05, 4.69) is 24.3 Å². The van der Waals surface area contributed by atoms with Crippen LogP contribution < -0.4 is 5.32 Å². The second-order valence-corrected chi connectivity index (χ2v) is 8.06. The van der Waals surface area contributed by atoms with Gasteiger partial charge in [-0.2, -0.15) is 9.40 Å². The molecule has 0 aromatic carbocycles. The van der Waals surface area contributed by atoms with Crippen LogP contribution in [0, 0.1) is 5.92 Å². The number of hydrogen-bond donors (Lipinski definition) is 1. The summed E-state index contributed by atoms with van der Waals surface area (Å²) in [6.45, 7) is 6.54. The smallest absolute Gasteiger partial charge is 0.246 e. The van der Waals surface area contributed by atoms with Gasteiger partial charge in [0.1, 0.15) is 4.90 Å². The third kappa shape index (κ3) is 4.05. The fourth-order valence-corrected chi connectivity index (χ4v) is 4.38. The Bertz CT molecular complexity index is 553. The van der Waals surface area contributed by atoms with Gasteiger partial charge >= 0.3 is 0 Å². The van der Waals surface area contributed by atoms with Crippen LogP contribution >= 0.6 is 0 Å². The molecule has 1 aliphatic rings. The highest BCUT2D eigenvalue weighted by atomic mass is 32.2. The minimum atomic E-state index is -3.43. The summed E-state index contributed by atoms with van der Waals surface area (Å²) < 4.78 is 28.7. The second kappa shape index (κ2) is 6.89. The van der Waals surface area contributed by atoms with E-state index in [1.807, 2.05) is 0 Å². The molecule has 2 heterocycles. The van der Waals surface area contributed by atoms with Crippen LogP contribution in [0.1, 0.15) is 33.1 Å². The van der Waals surface area contributed by atoms with Gasteiger partial charge in [-0.15, -0.1) is 0 Å². The van der Waals surface area contributed by atoms with Crippen molar-refractivity contribution in [3.63, 3.8) is 0 Å². The molecule has 0 radical (unpaired) electrons. The number of aryl methyl sites for hydroxylation is 1. The average Bonchev–Trinajstić information content (AvgIpc) is 2.86. The van der Waals surface area contributed by atoms with E-state index in [-0.39, 0.29) is 6.04 Å². The van der Waals surface area contributed by atoms with Crippen LogP contribution in [0.25, 0.3) is 0 Å². The van der Waals surface area contributed by atoms with Gasteiger partial charge in [0.25, 0.3) is 0 Å². The maximum atomic E-state index is 12.8. The number of sulfonamides is 1. The van der Waals surface area contributed by atoms with E-state index >= 15 is 0 Å². The molecule has 1 unspecified atom stereocenters. The maximum Gasteiger partial charge on any atom is 0.246 e. The van der Waals surface area contributed by atoms with E-state index in [0.717, 1.165) is 32.4 Å². The van der Waals surface area contributed by atoms with Crippen molar-refractivity contribution in [1.82, 2.24) is 19.4 Å². The van der Waals surface area contributed by atoms with Crippen molar-refractivity contribution in [2.45, 2.75) is 44.0 Å². The minimum Gasteiger partial charge on any atom is -0.315 e. The highest BCUT2D eigenvalue weighted by Gasteiger charge is 2.33. The zero-order chi connectivity index (χ0) is 15.5. The first-order valence-corrected chi connectivity index (χ1v) is 9.06. The molecule has 1 fully saturated rings. The third-order valence-corrected chi connectivity index (χ3v) is 5.70. The third-order valence-electron chi connectivity index (χ3n) is 3.79. The summed E-state index contributed by atoms with van der Waals surface area (Å²) in [5.41, 5.74) is 0. The standard InChI is InChI=1S/C14H26N4O2S/c1-12(2)8-15-9-13-6-4-5-7-18(13)21(19,20)14-10-16-17(3)11-14/h10-13,15H,4-9H2,1-3H3. The molecule has 0 saturated carbocycles. The number of aromatic nitrogens is 2. The molecule has 2 rings (SSSR count). The largest absolute Gasteiger partial charge is 0.315 e. The van der Waals surface area contributed by atoms with Gasteiger partial charge in [-0.05, 0) is 25.3 Å². The van der Waals surface area contributed by atoms with Crippen LogP contribution in [0.3, 0.4) is 0 Å². The Morgan fingerprint density at radius 1 is 1.43 bits per heavy atom. The molecule has 1 saturated heterocycles. The monoisotopic (exact) mass is 314 g/mol. The van der Waals surface area contributed by atoms with E-state index in [0.29, 0.717) is 17.4 Å². The molecular weight excluding hydrogens is 288 g/mol. The van der Waals surface area contributed by atoms with Gasteiger partial charge < -0.3 is 5.32 Å². The highest BCUT2D eigenvalue weighted by molar-refractivity contribution is 7.89.